The largest absolute Gasteiger partial charge is 0.321 e. The van der Waals surface area contributed by atoms with Crippen molar-refractivity contribution < 1.29 is 13.2 Å². The average molecular weight is 386 g/mol. The number of benzene rings is 2. The molecule has 0 radical (unpaired) electrons. The summed E-state index contributed by atoms with van der Waals surface area (Å²) in [6.45, 7) is 1.84. The van der Waals surface area contributed by atoms with E-state index in [1.165, 1.54) is 11.3 Å². The highest BCUT2D eigenvalue weighted by atomic mass is 32.2. The molecule has 1 heterocycles. The van der Waals surface area contributed by atoms with E-state index in [1.54, 1.807) is 18.2 Å². The zero-order valence-electron chi connectivity index (χ0n) is 14.3. The molecular weight excluding hydrogens is 368 g/mol. The Hall–Kier alpha value is -2.64. The molecule has 2 N–H and O–H groups in total. The highest BCUT2D eigenvalue weighted by molar-refractivity contribution is 7.92. The summed E-state index contributed by atoms with van der Waals surface area (Å²) in [5, 5.41) is 4.77. The van der Waals surface area contributed by atoms with Crippen molar-refractivity contribution in [2.45, 2.75) is 6.92 Å². The van der Waals surface area contributed by atoms with E-state index in [0.29, 0.717) is 16.3 Å². The molecule has 26 heavy (non-hydrogen) atoms. The Balaban J connectivity index is 1.79. The van der Waals surface area contributed by atoms with Gasteiger partial charge in [-0.25, -0.2) is 8.42 Å². The van der Waals surface area contributed by atoms with Gasteiger partial charge in [-0.05, 0) is 53.3 Å². The lowest BCUT2D eigenvalue weighted by Gasteiger charge is -2.09. The van der Waals surface area contributed by atoms with Crippen molar-refractivity contribution in [3.8, 4) is 11.1 Å². The first-order valence-electron chi connectivity index (χ1n) is 7.85. The van der Waals surface area contributed by atoms with Crippen LogP contribution < -0.4 is 10.0 Å². The van der Waals surface area contributed by atoms with Gasteiger partial charge in [0.2, 0.25) is 10.0 Å². The van der Waals surface area contributed by atoms with E-state index in [-0.39, 0.29) is 5.91 Å². The highest BCUT2D eigenvalue weighted by Crippen LogP contribution is 2.27. The van der Waals surface area contributed by atoms with Gasteiger partial charge in [-0.15, -0.1) is 11.3 Å². The van der Waals surface area contributed by atoms with E-state index in [4.69, 9.17) is 0 Å². The third-order valence-corrected chi connectivity index (χ3v) is 5.10. The number of amides is 1. The molecule has 3 rings (SSSR count). The molecule has 3 aromatic rings. The normalized spacial score (nSPS) is 11.2. The van der Waals surface area contributed by atoms with Crippen molar-refractivity contribution in [2.75, 3.05) is 16.3 Å². The van der Waals surface area contributed by atoms with Gasteiger partial charge in [0.05, 0.1) is 16.8 Å². The lowest BCUT2D eigenvalue weighted by molar-refractivity contribution is 0.103. The van der Waals surface area contributed by atoms with Crippen LogP contribution in [0.3, 0.4) is 0 Å². The average Bonchev–Trinajstić information content (AvgIpc) is 3.03. The Bertz CT molecular complexity index is 1040. The van der Waals surface area contributed by atoms with E-state index in [0.717, 1.165) is 22.9 Å². The van der Waals surface area contributed by atoms with Crippen molar-refractivity contribution in [1.29, 1.82) is 0 Å². The van der Waals surface area contributed by atoms with E-state index < -0.39 is 10.0 Å². The molecule has 0 aliphatic heterocycles. The van der Waals surface area contributed by atoms with Crippen LogP contribution in [0.25, 0.3) is 11.1 Å². The topological polar surface area (TPSA) is 75.3 Å². The van der Waals surface area contributed by atoms with Crippen LogP contribution in [0.2, 0.25) is 0 Å². The molecular formula is C19H18N2O3S2. The first kappa shape index (κ1) is 18.2. The van der Waals surface area contributed by atoms with E-state index in [9.17, 15) is 13.2 Å². The van der Waals surface area contributed by atoms with Gasteiger partial charge < -0.3 is 5.32 Å². The van der Waals surface area contributed by atoms with Crippen LogP contribution in [0, 0.1) is 6.92 Å². The number of anilines is 2. The first-order chi connectivity index (χ1) is 12.3. The highest BCUT2D eigenvalue weighted by Gasteiger charge is 2.12. The molecule has 7 heteroatoms. The Labute approximate surface area is 156 Å². The number of nitrogens with one attached hydrogen (secondary N) is 2. The number of hydrogen-bond acceptors (Lipinski definition) is 4. The number of carbonyl (C=O) groups is 1. The lowest BCUT2D eigenvalue weighted by Crippen LogP contribution is -2.12. The van der Waals surface area contributed by atoms with Crippen molar-refractivity contribution in [1.82, 2.24) is 0 Å². The van der Waals surface area contributed by atoms with Gasteiger partial charge in [-0.1, -0.05) is 30.3 Å². The molecule has 0 aliphatic carbocycles. The minimum atomic E-state index is -3.38. The van der Waals surface area contributed by atoms with Crippen molar-refractivity contribution >= 4 is 38.6 Å². The predicted molar refractivity (Wildman–Crippen MR) is 107 cm³/mol. The zero-order chi connectivity index (χ0) is 18.7. The van der Waals surface area contributed by atoms with Gasteiger partial charge in [0.15, 0.2) is 0 Å². The molecule has 134 valence electrons. The molecule has 1 aromatic heterocycles. The predicted octanol–water partition coefficient (Wildman–Crippen LogP) is 4.35. The minimum absolute atomic E-state index is 0.229. The molecule has 1 amide bonds. The van der Waals surface area contributed by atoms with Gasteiger partial charge >= 0.3 is 0 Å². The Morgan fingerprint density at radius 2 is 1.65 bits per heavy atom. The second-order valence-electron chi connectivity index (χ2n) is 5.98. The smallest absolute Gasteiger partial charge is 0.265 e. The van der Waals surface area contributed by atoms with Gasteiger partial charge in [0, 0.05) is 5.69 Å². The second kappa shape index (κ2) is 7.31. The zero-order valence-corrected chi connectivity index (χ0v) is 15.9. The summed E-state index contributed by atoms with van der Waals surface area (Å²) in [7, 11) is -3.38. The third kappa shape index (κ3) is 4.71. The number of thiophene rings is 1. The Morgan fingerprint density at radius 3 is 2.35 bits per heavy atom. The number of sulfonamides is 1. The Kier molecular flexibility index (Phi) is 5.11. The van der Waals surface area contributed by atoms with Crippen LogP contribution in [0.15, 0.2) is 60.0 Å². The monoisotopic (exact) mass is 386 g/mol. The number of rotatable bonds is 5. The SMILES string of the molecule is Cc1cc(NC(=O)c2cc(-c3ccccc3)cs2)cc(NS(C)(=O)=O)c1. The van der Waals surface area contributed by atoms with Crippen LogP contribution in [0.1, 0.15) is 15.2 Å². The fraction of sp³-hybridized carbons (Fsp3) is 0.105. The third-order valence-electron chi connectivity index (χ3n) is 3.57. The number of hydrogen-bond donors (Lipinski definition) is 2. The quantitative estimate of drug-likeness (QED) is 0.685. The Morgan fingerprint density at radius 1 is 0.962 bits per heavy atom. The maximum absolute atomic E-state index is 12.5. The molecule has 0 aliphatic rings. The number of carbonyl (C=O) groups excluding carboxylic acids is 1. The maximum atomic E-state index is 12.5. The molecule has 5 nitrogen and oxygen atoms in total. The second-order valence-corrected chi connectivity index (χ2v) is 8.64. The summed E-state index contributed by atoms with van der Waals surface area (Å²) in [5.74, 6) is -0.229. The fourth-order valence-corrected chi connectivity index (χ4v) is 3.92. The first-order valence-corrected chi connectivity index (χ1v) is 10.6. The van der Waals surface area contributed by atoms with E-state index >= 15 is 0 Å². The number of aryl methyl sites for hydroxylation is 1. The van der Waals surface area contributed by atoms with Crippen LogP contribution in [-0.2, 0) is 10.0 Å². The summed E-state index contributed by atoms with van der Waals surface area (Å²) in [6, 6.07) is 16.8. The molecule has 2 aromatic carbocycles. The summed E-state index contributed by atoms with van der Waals surface area (Å²) in [6.07, 6.45) is 1.09. The van der Waals surface area contributed by atoms with Crippen molar-refractivity contribution in [3.63, 3.8) is 0 Å². The van der Waals surface area contributed by atoms with Crippen molar-refractivity contribution in [2.24, 2.45) is 0 Å². The van der Waals surface area contributed by atoms with Crippen molar-refractivity contribution in [3.05, 3.63) is 70.4 Å². The summed E-state index contributed by atoms with van der Waals surface area (Å²) in [4.78, 5) is 13.1. The summed E-state index contributed by atoms with van der Waals surface area (Å²) < 4.78 is 25.2. The van der Waals surface area contributed by atoms with Gasteiger partial charge in [-0.3, -0.25) is 9.52 Å². The van der Waals surface area contributed by atoms with Crippen LogP contribution in [0.5, 0.6) is 0 Å². The van der Waals surface area contributed by atoms with Gasteiger partial charge in [-0.2, -0.15) is 0 Å². The molecule has 0 fully saturated rings. The van der Waals surface area contributed by atoms with E-state index in [2.05, 4.69) is 10.0 Å². The molecule has 0 spiro atoms. The van der Waals surface area contributed by atoms with Crippen LogP contribution in [0.4, 0.5) is 11.4 Å². The maximum Gasteiger partial charge on any atom is 0.265 e. The molecule has 0 bridgehead atoms. The van der Waals surface area contributed by atoms with Gasteiger partial charge in [0.25, 0.3) is 5.91 Å². The van der Waals surface area contributed by atoms with Crippen LogP contribution in [-0.4, -0.2) is 20.6 Å². The minimum Gasteiger partial charge on any atom is -0.321 e. The molecule has 0 atom stereocenters. The fourth-order valence-electron chi connectivity index (χ4n) is 2.56. The molecule has 0 unspecified atom stereocenters. The van der Waals surface area contributed by atoms with Gasteiger partial charge in [0.1, 0.15) is 0 Å². The van der Waals surface area contributed by atoms with E-state index in [1.807, 2.05) is 48.7 Å². The van der Waals surface area contributed by atoms with Crippen LogP contribution >= 0.6 is 11.3 Å². The summed E-state index contributed by atoms with van der Waals surface area (Å²) >= 11 is 1.37. The molecule has 0 saturated carbocycles. The lowest BCUT2D eigenvalue weighted by atomic mass is 10.1. The standard InChI is InChI=1S/C19H18N2O3S2/c1-13-8-16(11-17(9-13)21-26(2,23)24)20-19(22)18-10-15(12-25-18)14-6-4-3-5-7-14/h3-12,21H,1-2H3,(H,20,22). The summed E-state index contributed by atoms with van der Waals surface area (Å²) in [5.41, 5.74) is 3.84. The molecule has 0 saturated heterocycles.